The highest BCUT2D eigenvalue weighted by molar-refractivity contribution is 6.23. The van der Waals surface area contributed by atoms with Crippen LogP contribution in [0.15, 0.2) is 48.5 Å². The Balaban J connectivity index is 1.87. The molecule has 0 radical (unpaired) electrons. The molecule has 0 saturated carbocycles. The van der Waals surface area contributed by atoms with Gasteiger partial charge in [0.15, 0.2) is 0 Å². The first kappa shape index (κ1) is 15.9. The molecule has 1 saturated heterocycles. The Labute approximate surface area is 140 Å². The van der Waals surface area contributed by atoms with Crippen molar-refractivity contribution in [1.82, 2.24) is 0 Å². The number of nitrogens with one attached hydrogen (secondary N) is 1. The summed E-state index contributed by atoms with van der Waals surface area (Å²) in [6.45, 7) is 0. The standard InChI is InChI=1S/C18H18N2O4/c1-23-13-8-9-15(16(10-13)24-2)20-17(21)11-14(18(20)22)19-12-6-4-3-5-7-12/h3-10,14,19H,11H2,1-2H3. The lowest BCUT2D eigenvalue weighted by Crippen LogP contribution is -2.35. The second-order valence-electron chi connectivity index (χ2n) is 5.37. The van der Waals surface area contributed by atoms with Gasteiger partial charge in [-0.2, -0.15) is 0 Å². The lowest BCUT2D eigenvalue weighted by molar-refractivity contribution is -0.121. The number of hydrogen-bond donors (Lipinski definition) is 1. The number of anilines is 2. The fourth-order valence-electron chi connectivity index (χ4n) is 2.70. The van der Waals surface area contributed by atoms with Crippen molar-refractivity contribution in [2.45, 2.75) is 12.5 Å². The number of ether oxygens (including phenoxy) is 2. The molecule has 6 heteroatoms. The Morgan fingerprint density at radius 3 is 2.46 bits per heavy atom. The van der Waals surface area contributed by atoms with E-state index in [1.54, 1.807) is 25.3 Å². The van der Waals surface area contributed by atoms with Crippen molar-refractivity contribution in [2.75, 3.05) is 24.4 Å². The number of carbonyl (C=O) groups is 2. The molecule has 1 aliphatic heterocycles. The number of methoxy groups -OCH3 is 2. The van der Waals surface area contributed by atoms with Gasteiger partial charge in [0.2, 0.25) is 5.91 Å². The number of hydrogen-bond acceptors (Lipinski definition) is 5. The molecule has 1 aliphatic rings. The molecule has 1 heterocycles. The molecule has 0 aromatic heterocycles. The summed E-state index contributed by atoms with van der Waals surface area (Å²) in [6, 6.07) is 13.7. The molecular weight excluding hydrogens is 308 g/mol. The monoisotopic (exact) mass is 326 g/mol. The number of rotatable bonds is 5. The highest BCUT2D eigenvalue weighted by Crippen LogP contribution is 2.35. The van der Waals surface area contributed by atoms with E-state index >= 15 is 0 Å². The van der Waals surface area contributed by atoms with Crippen LogP contribution in [0.5, 0.6) is 11.5 Å². The fourth-order valence-corrected chi connectivity index (χ4v) is 2.70. The molecule has 24 heavy (non-hydrogen) atoms. The van der Waals surface area contributed by atoms with Crippen molar-refractivity contribution < 1.29 is 19.1 Å². The van der Waals surface area contributed by atoms with E-state index in [0.717, 1.165) is 5.69 Å². The van der Waals surface area contributed by atoms with E-state index in [4.69, 9.17) is 9.47 Å². The van der Waals surface area contributed by atoms with Gasteiger partial charge in [0.25, 0.3) is 5.91 Å². The van der Waals surface area contributed by atoms with Crippen LogP contribution in [0.3, 0.4) is 0 Å². The molecule has 1 fully saturated rings. The van der Waals surface area contributed by atoms with Crippen LogP contribution in [0.2, 0.25) is 0 Å². The number of amides is 2. The molecule has 1 atom stereocenters. The Bertz CT molecular complexity index is 761. The lowest BCUT2D eigenvalue weighted by Gasteiger charge is -2.19. The van der Waals surface area contributed by atoms with E-state index in [2.05, 4.69) is 5.32 Å². The van der Waals surface area contributed by atoms with Crippen molar-refractivity contribution in [2.24, 2.45) is 0 Å². The minimum Gasteiger partial charge on any atom is -0.497 e. The highest BCUT2D eigenvalue weighted by atomic mass is 16.5. The third-order valence-electron chi connectivity index (χ3n) is 3.89. The van der Waals surface area contributed by atoms with E-state index in [1.165, 1.54) is 12.0 Å². The number of benzene rings is 2. The average Bonchev–Trinajstić information content (AvgIpc) is 2.89. The Kier molecular flexibility index (Phi) is 4.37. The van der Waals surface area contributed by atoms with Gasteiger partial charge in [-0.15, -0.1) is 0 Å². The second-order valence-corrected chi connectivity index (χ2v) is 5.37. The van der Waals surface area contributed by atoms with Crippen LogP contribution in [0.1, 0.15) is 6.42 Å². The number of carbonyl (C=O) groups excluding carboxylic acids is 2. The van der Waals surface area contributed by atoms with Crippen molar-refractivity contribution in [3.05, 3.63) is 48.5 Å². The third-order valence-corrected chi connectivity index (χ3v) is 3.89. The second kappa shape index (κ2) is 6.62. The van der Waals surface area contributed by atoms with Crippen LogP contribution in [-0.4, -0.2) is 32.1 Å². The predicted molar refractivity (Wildman–Crippen MR) is 90.5 cm³/mol. The van der Waals surface area contributed by atoms with Crippen molar-refractivity contribution in [1.29, 1.82) is 0 Å². The van der Waals surface area contributed by atoms with Gasteiger partial charge in [-0.3, -0.25) is 9.59 Å². The summed E-state index contributed by atoms with van der Waals surface area (Å²) in [5.74, 6) is 0.439. The van der Waals surface area contributed by atoms with E-state index in [0.29, 0.717) is 17.2 Å². The van der Waals surface area contributed by atoms with E-state index in [9.17, 15) is 9.59 Å². The van der Waals surface area contributed by atoms with Gasteiger partial charge < -0.3 is 14.8 Å². The summed E-state index contributed by atoms with van der Waals surface area (Å²) < 4.78 is 10.5. The molecular formula is C18H18N2O4. The van der Waals surface area contributed by atoms with Crippen LogP contribution in [-0.2, 0) is 9.59 Å². The SMILES string of the molecule is COc1ccc(N2C(=O)CC(Nc3ccccc3)C2=O)c(OC)c1. The van der Waals surface area contributed by atoms with Crippen LogP contribution in [0.25, 0.3) is 0 Å². The van der Waals surface area contributed by atoms with Crippen LogP contribution in [0.4, 0.5) is 11.4 Å². The first-order valence-electron chi connectivity index (χ1n) is 7.54. The molecule has 2 aromatic rings. The molecule has 0 spiro atoms. The largest absolute Gasteiger partial charge is 0.497 e. The van der Waals surface area contributed by atoms with Crippen molar-refractivity contribution in [3.8, 4) is 11.5 Å². The van der Waals surface area contributed by atoms with Gasteiger partial charge in [-0.1, -0.05) is 18.2 Å². The molecule has 0 bridgehead atoms. The minimum atomic E-state index is -0.591. The smallest absolute Gasteiger partial charge is 0.256 e. The molecule has 0 aliphatic carbocycles. The maximum absolute atomic E-state index is 12.7. The third kappa shape index (κ3) is 2.90. The number of imide groups is 1. The normalized spacial score (nSPS) is 17.1. The van der Waals surface area contributed by atoms with Gasteiger partial charge >= 0.3 is 0 Å². The summed E-state index contributed by atoms with van der Waals surface area (Å²) in [4.78, 5) is 26.3. The van der Waals surface area contributed by atoms with Crippen LogP contribution in [0, 0.1) is 0 Å². The molecule has 1 unspecified atom stereocenters. The van der Waals surface area contributed by atoms with Gasteiger partial charge in [0, 0.05) is 11.8 Å². The number of nitrogens with zero attached hydrogens (tertiary/aromatic N) is 1. The first-order valence-corrected chi connectivity index (χ1v) is 7.54. The Hall–Kier alpha value is -3.02. The molecule has 124 valence electrons. The summed E-state index contributed by atoms with van der Waals surface area (Å²) in [5, 5.41) is 3.10. The first-order chi connectivity index (χ1) is 11.6. The molecule has 2 aromatic carbocycles. The van der Waals surface area contributed by atoms with E-state index < -0.39 is 6.04 Å². The van der Waals surface area contributed by atoms with Gasteiger partial charge in [0.05, 0.1) is 26.3 Å². The van der Waals surface area contributed by atoms with Gasteiger partial charge in [0.1, 0.15) is 17.5 Å². The summed E-state index contributed by atoms with van der Waals surface area (Å²) in [6.07, 6.45) is 0.100. The zero-order valence-corrected chi connectivity index (χ0v) is 13.5. The minimum absolute atomic E-state index is 0.100. The van der Waals surface area contributed by atoms with Gasteiger partial charge in [-0.05, 0) is 24.3 Å². The highest BCUT2D eigenvalue weighted by Gasteiger charge is 2.40. The van der Waals surface area contributed by atoms with Crippen molar-refractivity contribution in [3.63, 3.8) is 0 Å². The fraction of sp³-hybridized carbons (Fsp3) is 0.222. The molecule has 2 amide bonds. The van der Waals surface area contributed by atoms with Gasteiger partial charge in [-0.25, -0.2) is 4.90 Å². The van der Waals surface area contributed by atoms with Crippen LogP contribution < -0.4 is 19.7 Å². The maximum atomic E-state index is 12.7. The molecule has 3 rings (SSSR count). The Morgan fingerprint density at radius 1 is 1.04 bits per heavy atom. The average molecular weight is 326 g/mol. The summed E-state index contributed by atoms with van der Waals surface area (Å²) in [5.41, 5.74) is 1.22. The molecule has 6 nitrogen and oxygen atoms in total. The zero-order valence-electron chi connectivity index (χ0n) is 13.5. The Morgan fingerprint density at radius 2 is 1.79 bits per heavy atom. The summed E-state index contributed by atoms with van der Waals surface area (Å²) >= 11 is 0. The maximum Gasteiger partial charge on any atom is 0.256 e. The quantitative estimate of drug-likeness (QED) is 0.855. The van der Waals surface area contributed by atoms with E-state index in [1.807, 2.05) is 30.3 Å². The topological polar surface area (TPSA) is 67.9 Å². The molecule has 1 N–H and O–H groups in total. The van der Waals surface area contributed by atoms with E-state index in [-0.39, 0.29) is 18.2 Å². The predicted octanol–water partition coefficient (Wildman–Crippen LogP) is 2.45. The van der Waals surface area contributed by atoms with Crippen LogP contribution >= 0.6 is 0 Å². The number of para-hydroxylation sites is 1. The van der Waals surface area contributed by atoms with Crippen molar-refractivity contribution >= 4 is 23.2 Å². The summed E-state index contributed by atoms with van der Waals surface area (Å²) in [7, 11) is 3.03. The zero-order chi connectivity index (χ0) is 17.1. The lowest BCUT2D eigenvalue weighted by atomic mass is 10.2.